The van der Waals surface area contributed by atoms with Gasteiger partial charge in [0.25, 0.3) is 0 Å². The van der Waals surface area contributed by atoms with Crippen LogP contribution in [0.1, 0.15) is 12.8 Å². The molecule has 2 N–H and O–H groups in total. The molecule has 2 rings (SSSR count). The van der Waals surface area contributed by atoms with Crippen LogP contribution in [0, 0.1) is 12.0 Å². The van der Waals surface area contributed by atoms with Crippen LogP contribution in [-0.2, 0) is 0 Å². The van der Waals surface area contributed by atoms with E-state index in [0.29, 0.717) is 0 Å². The molecule has 0 aliphatic carbocycles. The van der Waals surface area contributed by atoms with Gasteiger partial charge in [0.2, 0.25) is 0 Å². The lowest BCUT2D eigenvalue weighted by molar-refractivity contribution is 0.423. The van der Waals surface area contributed by atoms with Crippen LogP contribution in [0.15, 0.2) is 0 Å². The number of nitrogens with one attached hydrogen (secondary N) is 2. The molecule has 2 nitrogen and oxygen atoms in total. The first-order valence-corrected chi connectivity index (χ1v) is 3.77. The lowest BCUT2D eigenvalue weighted by atomic mass is 9.94. The van der Waals surface area contributed by atoms with Crippen molar-refractivity contribution >= 4 is 0 Å². The fraction of sp³-hybridized carbons (Fsp3) is 0.857. The molecule has 2 saturated heterocycles. The highest BCUT2D eigenvalue weighted by atomic mass is 15.0. The van der Waals surface area contributed by atoms with Crippen LogP contribution in [0.2, 0.25) is 0 Å². The van der Waals surface area contributed by atoms with E-state index in [-0.39, 0.29) is 0 Å². The molecule has 0 aromatic heterocycles. The van der Waals surface area contributed by atoms with E-state index < -0.39 is 0 Å². The summed E-state index contributed by atoms with van der Waals surface area (Å²) in [6.45, 7) is 3.53. The van der Waals surface area contributed by atoms with Crippen molar-refractivity contribution in [2.24, 2.45) is 5.92 Å². The van der Waals surface area contributed by atoms with Gasteiger partial charge in [0.1, 0.15) is 0 Å². The molecular weight excluding hydrogens is 112 g/mol. The van der Waals surface area contributed by atoms with E-state index >= 15 is 0 Å². The molecule has 9 heavy (non-hydrogen) atoms. The van der Waals surface area contributed by atoms with Crippen molar-refractivity contribution in [1.82, 2.24) is 10.6 Å². The largest absolute Gasteiger partial charge is 0.314 e. The summed E-state index contributed by atoms with van der Waals surface area (Å²) in [7, 11) is 0. The van der Waals surface area contributed by atoms with Gasteiger partial charge >= 0.3 is 0 Å². The lowest BCUT2D eigenvalue weighted by Gasteiger charge is -2.24. The number of fused-ring (bicyclic) bond motifs is 1. The van der Waals surface area contributed by atoms with Crippen LogP contribution in [0.3, 0.4) is 0 Å². The minimum atomic E-state index is 0.860. The Hall–Kier alpha value is -0.0800. The Labute approximate surface area is 56.0 Å². The summed E-state index contributed by atoms with van der Waals surface area (Å²) >= 11 is 0. The maximum atomic E-state index is 3.44. The summed E-state index contributed by atoms with van der Waals surface area (Å²) in [5.74, 6) is 0.860. The second kappa shape index (κ2) is 2.27. The van der Waals surface area contributed by atoms with Crippen molar-refractivity contribution in [3.05, 3.63) is 6.04 Å². The minimum absolute atomic E-state index is 0.860. The monoisotopic (exact) mass is 125 g/mol. The quantitative estimate of drug-likeness (QED) is 0.480. The highest BCUT2D eigenvalue weighted by molar-refractivity contribution is 5.04. The molecule has 0 unspecified atom stereocenters. The number of hydrogen-bond donors (Lipinski definition) is 2. The van der Waals surface area contributed by atoms with Crippen molar-refractivity contribution in [1.29, 1.82) is 0 Å². The van der Waals surface area contributed by atoms with E-state index in [2.05, 4.69) is 10.6 Å². The zero-order valence-corrected chi connectivity index (χ0v) is 5.61. The summed E-state index contributed by atoms with van der Waals surface area (Å²) in [4.78, 5) is 0. The number of rotatable bonds is 0. The molecule has 2 heteroatoms. The van der Waals surface area contributed by atoms with E-state index in [1.165, 1.54) is 25.9 Å². The molecule has 1 radical (unpaired) electrons. The second-order valence-electron chi connectivity index (χ2n) is 2.92. The van der Waals surface area contributed by atoms with Crippen LogP contribution in [0.5, 0.6) is 0 Å². The molecule has 2 aliphatic heterocycles. The van der Waals surface area contributed by atoms with Crippen molar-refractivity contribution < 1.29 is 0 Å². The maximum absolute atomic E-state index is 3.44. The summed E-state index contributed by atoms with van der Waals surface area (Å²) in [6.07, 6.45) is 2.76. The molecule has 0 amide bonds. The molecule has 0 spiro atoms. The molecule has 51 valence electrons. The Kier molecular flexibility index (Phi) is 1.44. The lowest BCUT2D eigenvalue weighted by Crippen LogP contribution is -2.33. The Morgan fingerprint density at radius 1 is 1.44 bits per heavy atom. The Morgan fingerprint density at radius 3 is 3.33 bits per heavy atom. The fourth-order valence-electron chi connectivity index (χ4n) is 1.73. The summed E-state index contributed by atoms with van der Waals surface area (Å²) in [6, 6.07) is 1.56. The van der Waals surface area contributed by atoms with E-state index in [1.807, 2.05) is 0 Å². The minimum Gasteiger partial charge on any atom is -0.314 e. The Balaban J connectivity index is 1.97. The van der Waals surface area contributed by atoms with Crippen LogP contribution < -0.4 is 10.6 Å². The second-order valence-corrected chi connectivity index (χ2v) is 2.92. The van der Waals surface area contributed by atoms with Crippen molar-refractivity contribution in [2.45, 2.75) is 12.8 Å². The van der Waals surface area contributed by atoms with Crippen molar-refractivity contribution in [2.75, 3.05) is 19.6 Å². The predicted molar refractivity (Wildman–Crippen MR) is 36.8 cm³/mol. The van der Waals surface area contributed by atoms with Gasteiger partial charge in [0, 0.05) is 6.54 Å². The van der Waals surface area contributed by atoms with Gasteiger partial charge in [-0.25, -0.2) is 0 Å². The maximum Gasteiger partial charge on any atom is 0.0546 e. The number of piperidine rings is 1. The van der Waals surface area contributed by atoms with Gasteiger partial charge in [-0.1, -0.05) is 0 Å². The zero-order chi connectivity index (χ0) is 6.10. The van der Waals surface area contributed by atoms with Crippen molar-refractivity contribution in [3.63, 3.8) is 0 Å². The van der Waals surface area contributed by atoms with Gasteiger partial charge in [-0.2, -0.15) is 0 Å². The third-order valence-corrected chi connectivity index (χ3v) is 2.28. The van der Waals surface area contributed by atoms with Gasteiger partial charge in [-0.05, 0) is 31.8 Å². The zero-order valence-electron chi connectivity index (χ0n) is 5.61. The first kappa shape index (κ1) is 5.69. The summed E-state index contributed by atoms with van der Waals surface area (Å²) in [5.41, 5.74) is 0. The van der Waals surface area contributed by atoms with E-state index in [1.54, 1.807) is 6.04 Å². The van der Waals surface area contributed by atoms with Gasteiger partial charge < -0.3 is 10.6 Å². The molecule has 0 bridgehead atoms. The number of hydrogen-bond acceptors (Lipinski definition) is 2. The average molecular weight is 125 g/mol. The Bertz CT molecular complexity index is 91.1. The molecule has 2 heterocycles. The molecule has 0 aromatic rings. The van der Waals surface area contributed by atoms with Crippen LogP contribution in [-0.4, -0.2) is 19.6 Å². The summed E-state index contributed by atoms with van der Waals surface area (Å²) in [5, 5.41) is 6.80. The van der Waals surface area contributed by atoms with E-state index in [4.69, 9.17) is 0 Å². The molecule has 0 saturated carbocycles. The molecular formula is C7H13N2. The third kappa shape index (κ3) is 0.970. The van der Waals surface area contributed by atoms with E-state index in [0.717, 1.165) is 12.5 Å². The normalized spacial score (nSPS) is 36.7. The highest BCUT2D eigenvalue weighted by Crippen LogP contribution is 2.24. The van der Waals surface area contributed by atoms with Gasteiger partial charge in [-0.15, -0.1) is 0 Å². The van der Waals surface area contributed by atoms with Gasteiger partial charge in [0.05, 0.1) is 6.04 Å². The highest BCUT2D eigenvalue weighted by Gasteiger charge is 2.29. The molecule has 2 aliphatic rings. The van der Waals surface area contributed by atoms with Gasteiger partial charge in [0.15, 0.2) is 0 Å². The van der Waals surface area contributed by atoms with Crippen molar-refractivity contribution in [3.8, 4) is 0 Å². The van der Waals surface area contributed by atoms with E-state index in [9.17, 15) is 0 Å². The topological polar surface area (TPSA) is 24.1 Å². The standard InChI is InChI=1S/C7H13N2/c1-2-6-4-8-5-7(6)9-3-1/h6,8-9H,1-5H2/t6-/m1/s1. The SMILES string of the molecule is C1CN[C]2CNC[C@H]2C1. The average Bonchev–Trinajstić information content (AvgIpc) is 2.33. The van der Waals surface area contributed by atoms with Crippen LogP contribution >= 0.6 is 0 Å². The molecule has 0 aromatic carbocycles. The smallest absolute Gasteiger partial charge is 0.0546 e. The first-order valence-electron chi connectivity index (χ1n) is 3.77. The molecule has 2 fully saturated rings. The fourth-order valence-corrected chi connectivity index (χ4v) is 1.73. The van der Waals surface area contributed by atoms with Crippen LogP contribution in [0.25, 0.3) is 0 Å². The third-order valence-electron chi connectivity index (χ3n) is 2.28. The Morgan fingerprint density at radius 2 is 2.44 bits per heavy atom. The predicted octanol–water partition coefficient (Wildman–Crippen LogP) is 0.121. The molecule has 1 atom stereocenters. The summed E-state index contributed by atoms with van der Waals surface area (Å²) < 4.78 is 0. The first-order chi connectivity index (χ1) is 4.47. The van der Waals surface area contributed by atoms with Crippen LogP contribution in [0.4, 0.5) is 0 Å². The van der Waals surface area contributed by atoms with Gasteiger partial charge in [-0.3, -0.25) is 0 Å².